The zero-order valence-corrected chi connectivity index (χ0v) is 13.2. The van der Waals surface area contributed by atoms with Crippen molar-refractivity contribution in [2.45, 2.75) is 31.2 Å². The molecule has 2 aliphatic rings. The summed E-state index contributed by atoms with van der Waals surface area (Å²) < 4.78 is 0. The van der Waals surface area contributed by atoms with E-state index in [0.717, 1.165) is 12.8 Å². The fraction of sp³-hybridized carbons (Fsp3) is 0.316. The van der Waals surface area contributed by atoms with Crippen LogP contribution in [0.5, 0.6) is 0 Å². The number of aromatic nitrogens is 1. The van der Waals surface area contributed by atoms with E-state index in [9.17, 15) is 4.79 Å². The fourth-order valence-corrected chi connectivity index (χ4v) is 3.81. The number of nitriles is 1. The average molecular weight is 318 g/mol. The molecule has 0 aliphatic heterocycles. The lowest BCUT2D eigenvalue weighted by molar-refractivity contribution is 0.251. The number of carbonyl (C=O) groups excluding carboxylic acids is 1. The molecule has 0 radical (unpaired) electrons. The maximum atomic E-state index is 12.2. The minimum Gasteiger partial charge on any atom is -0.334 e. The highest BCUT2D eigenvalue weighted by atomic mass is 16.2. The third kappa shape index (κ3) is 2.71. The number of nitrogens with zero attached hydrogens (tertiary/aromatic N) is 2. The second kappa shape index (κ2) is 5.97. The average Bonchev–Trinajstić information content (AvgIpc) is 3.31. The Hall–Kier alpha value is -2.87. The second-order valence-electron chi connectivity index (χ2n) is 6.45. The summed E-state index contributed by atoms with van der Waals surface area (Å²) in [6.45, 7) is 0. The normalized spacial score (nSPS) is 23.9. The topological polar surface area (TPSA) is 77.8 Å². The van der Waals surface area contributed by atoms with Crippen molar-refractivity contribution in [3.63, 3.8) is 0 Å². The van der Waals surface area contributed by atoms with Crippen LogP contribution in [0, 0.1) is 17.2 Å². The number of anilines is 1. The molecule has 1 aromatic heterocycles. The highest BCUT2D eigenvalue weighted by Gasteiger charge is 2.52. The van der Waals surface area contributed by atoms with Gasteiger partial charge in [0.15, 0.2) is 0 Å². The Morgan fingerprint density at radius 1 is 1.25 bits per heavy atom. The summed E-state index contributed by atoms with van der Waals surface area (Å²) in [7, 11) is 0. The van der Waals surface area contributed by atoms with Crippen LogP contribution in [-0.2, 0) is 6.42 Å². The quantitative estimate of drug-likeness (QED) is 0.892. The van der Waals surface area contributed by atoms with E-state index in [0.29, 0.717) is 23.2 Å². The predicted molar refractivity (Wildman–Crippen MR) is 90.5 cm³/mol. The molecule has 0 bridgehead atoms. The lowest BCUT2D eigenvalue weighted by Crippen LogP contribution is -2.32. The molecule has 1 aromatic carbocycles. The number of hydrogen-bond acceptors (Lipinski definition) is 3. The first-order valence-corrected chi connectivity index (χ1v) is 8.28. The van der Waals surface area contributed by atoms with E-state index in [1.807, 2.05) is 6.07 Å². The molecule has 0 unspecified atom stereocenters. The number of amides is 2. The van der Waals surface area contributed by atoms with E-state index in [-0.39, 0.29) is 12.1 Å². The molecule has 2 N–H and O–H groups in total. The fourth-order valence-electron chi connectivity index (χ4n) is 3.81. The van der Waals surface area contributed by atoms with Gasteiger partial charge in [0.25, 0.3) is 0 Å². The van der Waals surface area contributed by atoms with Gasteiger partial charge in [-0.3, -0.25) is 5.32 Å². The Morgan fingerprint density at radius 3 is 2.92 bits per heavy atom. The molecule has 1 heterocycles. The molecule has 1 saturated carbocycles. The van der Waals surface area contributed by atoms with Crippen molar-refractivity contribution >= 4 is 11.8 Å². The van der Waals surface area contributed by atoms with Crippen LogP contribution >= 0.6 is 0 Å². The molecule has 3 atom stereocenters. The lowest BCUT2D eigenvalue weighted by Gasteiger charge is -2.10. The minimum atomic E-state index is -0.234. The zero-order chi connectivity index (χ0) is 16.5. The number of pyridine rings is 1. The number of rotatable bonds is 2. The first-order chi connectivity index (χ1) is 11.8. The number of urea groups is 1. The van der Waals surface area contributed by atoms with Gasteiger partial charge in [-0.2, -0.15) is 5.26 Å². The zero-order valence-electron chi connectivity index (χ0n) is 13.2. The number of nitrogens with one attached hydrogen (secondary N) is 2. The van der Waals surface area contributed by atoms with Gasteiger partial charge in [-0.15, -0.1) is 0 Å². The van der Waals surface area contributed by atoms with E-state index in [4.69, 9.17) is 5.26 Å². The van der Waals surface area contributed by atoms with Gasteiger partial charge in [-0.1, -0.05) is 24.3 Å². The summed E-state index contributed by atoms with van der Waals surface area (Å²) in [5.74, 6) is 1.42. The number of benzene rings is 1. The van der Waals surface area contributed by atoms with Crippen molar-refractivity contribution in [3.8, 4) is 6.07 Å². The monoisotopic (exact) mass is 318 g/mol. The Labute approximate surface area is 140 Å². The van der Waals surface area contributed by atoms with Gasteiger partial charge >= 0.3 is 6.03 Å². The highest BCUT2D eigenvalue weighted by molar-refractivity contribution is 5.88. The molecule has 120 valence electrons. The smallest absolute Gasteiger partial charge is 0.320 e. The molecular formula is C19H18N4O. The molecule has 5 nitrogen and oxygen atoms in total. The van der Waals surface area contributed by atoms with Gasteiger partial charge in [0.1, 0.15) is 11.9 Å². The summed E-state index contributed by atoms with van der Waals surface area (Å²) >= 11 is 0. The second-order valence-corrected chi connectivity index (χ2v) is 6.45. The van der Waals surface area contributed by atoms with Crippen LogP contribution in [0.3, 0.4) is 0 Å². The lowest BCUT2D eigenvalue weighted by atomic mass is 10.0. The number of hydrogen-bond donors (Lipinski definition) is 2. The van der Waals surface area contributed by atoms with Crippen LogP contribution in [0.15, 0.2) is 42.6 Å². The molecule has 5 heteroatoms. The molecule has 2 aromatic rings. The predicted octanol–water partition coefficient (Wildman–Crippen LogP) is 3.19. The maximum Gasteiger partial charge on any atom is 0.320 e. The SMILES string of the molecule is N#Cc1ccc(NC(=O)N[C@@H]2[C@@H]3CCCc4ccccc4[C@@H]32)nc1. The van der Waals surface area contributed by atoms with E-state index < -0.39 is 0 Å². The van der Waals surface area contributed by atoms with Gasteiger partial charge in [-0.25, -0.2) is 9.78 Å². The van der Waals surface area contributed by atoms with E-state index in [2.05, 4.69) is 39.9 Å². The van der Waals surface area contributed by atoms with Crippen LogP contribution < -0.4 is 10.6 Å². The highest BCUT2D eigenvalue weighted by Crippen LogP contribution is 2.53. The van der Waals surface area contributed by atoms with Gasteiger partial charge in [0, 0.05) is 18.2 Å². The molecule has 1 fully saturated rings. The third-order valence-corrected chi connectivity index (χ3v) is 5.00. The van der Waals surface area contributed by atoms with E-state index in [1.165, 1.54) is 23.7 Å². The Balaban J connectivity index is 1.42. The first kappa shape index (κ1) is 14.7. The summed E-state index contributed by atoms with van der Waals surface area (Å²) in [4.78, 5) is 16.3. The standard InChI is InChI=1S/C19H18N4O/c20-10-12-8-9-16(21-11-12)22-19(24)23-18-15-7-3-5-13-4-1-2-6-14(13)17(15)18/h1-2,4,6,8-9,11,15,17-18H,3,5,7H2,(H2,21,22,23,24)/t15-,17+,18-/m1/s1. The molecule has 0 spiro atoms. The van der Waals surface area contributed by atoms with Crippen molar-refractivity contribution in [3.05, 3.63) is 59.3 Å². The number of fused-ring (bicyclic) bond motifs is 3. The number of aryl methyl sites for hydroxylation is 1. The van der Waals surface area contributed by atoms with Crippen LogP contribution in [0.4, 0.5) is 10.6 Å². The van der Waals surface area contributed by atoms with Crippen LogP contribution in [-0.4, -0.2) is 17.1 Å². The van der Waals surface area contributed by atoms with Gasteiger partial charge in [-0.05, 0) is 48.4 Å². The van der Waals surface area contributed by atoms with Crippen molar-refractivity contribution in [2.75, 3.05) is 5.32 Å². The Morgan fingerprint density at radius 2 is 2.12 bits per heavy atom. The summed E-state index contributed by atoms with van der Waals surface area (Å²) in [5, 5.41) is 14.6. The molecule has 0 saturated heterocycles. The van der Waals surface area contributed by atoms with Crippen LogP contribution in [0.2, 0.25) is 0 Å². The third-order valence-electron chi connectivity index (χ3n) is 5.00. The van der Waals surface area contributed by atoms with E-state index in [1.54, 1.807) is 12.1 Å². The molecule has 4 rings (SSSR count). The van der Waals surface area contributed by atoms with Crippen molar-refractivity contribution < 1.29 is 4.79 Å². The first-order valence-electron chi connectivity index (χ1n) is 8.28. The van der Waals surface area contributed by atoms with Crippen molar-refractivity contribution in [2.24, 2.45) is 5.92 Å². The summed E-state index contributed by atoms with van der Waals surface area (Å²) in [6, 6.07) is 13.8. The van der Waals surface area contributed by atoms with Crippen molar-refractivity contribution in [1.82, 2.24) is 10.3 Å². The molecule has 2 aliphatic carbocycles. The molecule has 24 heavy (non-hydrogen) atoms. The van der Waals surface area contributed by atoms with Gasteiger partial charge < -0.3 is 5.32 Å². The Bertz CT molecular complexity index is 809. The molecular weight excluding hydrogens is 300 g/mol. The minimum absolute atomic E-state index is 0.199. The number of carbonyl (C=O) groups is 1. The van der Waals surface area contributed by atoms with Gasteiger partial charge in [0.2, 0.25) is 0 Å². The van der Waals surface area contributed by atoms with Crippen molar-refractivity contribution in [1.29, 1.82) is 5.26 Å². The van der Waals surface area contributed by atoms with E-state index >= 15 is 0 Å². The summed E-state index contributed by atoms with van der Waals surface area (Å²) in [6.07, 6.45) is 4.92. The summed E-state index contributed by atoms with van der Waals surface area (Å²) in [5.41, 5.74) is 3.28. The Kier molecular flexibility index (Phi) is 3.66. The van der Waals surface area contributed by atoms with Crippen LogP contribution in [0.1, 0.15) is 35.4 Å². The molecule has 2 amide bonds. The maximum absolute atomic E-state index is 12.2. The largest absolute Gasteiger partial charge is 0.334 e. The van der Waals surface area contributed by atoms with Gasteiger partial charge in [0.05, 0.1) is 5.56 Å². The van der Waals surface area contributed by atoms with Crippen LogP contribution in [0.25, 0.3) is 0 Å².